The predicted octanol–water partition coefficient (Wildman–Crippen LogP) is -0.889. The third kappa shape index (κ3) is 2.02. The van der Waals surface area contributed by atoms with Crippen LogP contribution in [-0.4, -0.2) is 34.3 Å². The molecule has 2 atom stereocenters. The molecule has 1 aromatic heterocycles. The molecular formula is C8H15N5O. The molecule has 2 heterocycles. The van der Waals surface area contributed by atoms with Crippen molar-refractivity contribution in [1.82, 2.24) is 25.8 Å². The summed E-state index contributed by atoms with van der Waals surface area (Å²) in [5.74, 6) is 0.668. The van der Waals surface area contributed by atoms with Gasteiger partial charge in [0.25, 0.3) is 0 Å². The van der Waals surface area contributed by atoms with Crippen molar-refractivity contribution in [3.8, 4) is 0 Å². The highest BCUT2D eigenvalue weighted by molar-refractivity contribution is 4.92. The Morgan fingerprint density at radius 3 is 3.07 bits per heavy atom. The van der Waals surface area contributed by atoms with Crippen molar-refractivity contribution in [2.75, 3.05) is 13.1 Å². The minimum Gasteiger partial charge on any atom is -0.315 e. The third-order valence-electron chi connectivity index (χ3n) is 2.48. The Balaban J connectivity index is 1.94. The van der Waals surface area contributed by atoms with Gasteiger partial charge < -0.3 is 10.6 Å². The molecule has 78 valence electrons. The summed E-state index contributed by atoms with van der Waals surface area (Å²) in [6, 6.07) is 0.559. The van der Waals surface area contributed by atoms with Gasteiger partial charge in [0, 0.05) is 12.6 Å². The molecule has 1 fully saturated rings. The molecule has 0 radical (unpaired) electrons. The zero-order chi connectivity index (χ0) is 9.97. The number of nitrogens with one attached hydrogen (secondary N) is 4. The summed E-state index contributed by atoms with van der Waals surface area (Å²) in [5, 5.41) is 12.9. The van der Waals surface area contributed by atoms with E-state index in [0.717, 1.165) is 19.5 Å². The molecule has 0 bridgehead atoms. The maximum Gasteiger partial charge on any atom is 0.340 e. The SMILES string of the molecule is CC(NC1CCNC1)c1n[nH]c(=O)[nH]1. The molecule has 14 heavy (non-hydrogen) atoms. The molecule has 6 nitrogen and oxygen atoms in total. The van der Waals surface area contributed by atoms with E-state index < -0.39 is 0 Å². The first kappa shape index (κ1) is 9.42. The van der Waals surface area contributed by atoms with Crippen molar-refractivity contribution in [3.63, 3.8) is 0 Å². The molecule has 1 aliphatic heterocycles. The van der Waals surface area contributed by atoms with E-state index in [9.17, 15) is 4.79 Å². The Bertz CT molecular complexity index is 338. The van der Waals surface area contributed by atoms with Gasteiger partial charge in [-0.3, -0.25) is 4.98 Å². The number of hydrogen-bond acceptors (Lipinski definition) is 4. The summed E-state index contributed by atoms with van der Waals surface area (Å²) < 4.78 is 0. The molecule has 1 saturated heterocycles. The normalized spacial score (nSPS) is 23.9. The Morgan fingerprint density at radius 1 is 1.64 bits per heavy atom. The zero-order valence-electron chi connectivity index (χ0n) is 8.13. The van der Waals surface area contributed by atoms with E-state index in [1.807, 2.05) is 6.92 Å². The van der Waals surface area contributed by atoms with Gasteiger partial charge in [-0.15, -0.1) is 0 Å². The maximum absolute atomic E-state index is 10.8. The second-order valence-electron chi connectivity index (χ2n) is 3.64. The zero-order valence-corrected chi connectivity index (χ0v) is 8.13. The fourth-order valence-electron chi connectivity index (χ4n) is 1.72. The van der Waals surface area contributed by atoms with Crippen LogP contribution in [0.2, 0.25) is 0 Å². The van der Waals surface area contributed by atoms with Gasteiger partial charge in [0.05, 0.1) is 6.04 Å². The van der Waals surface area contributed by atoms with E-state index >= 15 is 0 Å². The van der Waals surface area contributed by atoms with E-state index in [4.69, 9.17) is 0 Å². The van der Waals surface area contributed by atoms with Gasteiger partial charge in [-0.25, -0.2) is 9.89 Å². The summed E-state index contributed by atoms with van der Waals surface area (Å²) in [7, 11) is 0. The third-order valence-corrected chi connectivity index (χ3v) is 2.48. The molecule has 0 amide bonds. The van der Waals surface area contributed by atoms with Gasteiger partial charge in [-0.2, -0.15) is 5.10 Å². The summed E-state index contributed by atoms with van der Waals surface area (Å²) in [6.07, 6.45) is 1.12. The lowest BCUT2D eigenvalue weighted by Crippen LogP contribution is -2.33. The first-order valence-electron chi connectivity index (χ1n) is 4.87. The van der Waals surface area contributed by atoms with Gasteiger partial charge in [0.1, 0.15) is 5.82 Å². The van der Waals surface area contributed by atoms with Crippen molar-refractivity contribution in [2.24, 2.45) is 0 Å². The molecule has 0 aliphatic carbocycles. The summed E-state index contributed by atoms with van der Waals surface area (Å²) >= 11 is 0. The standard InChI is InChI=1S/C8H15N5O/c1-5(7-11-8(14)13-12-7)10-6-2-3-9-4-6/h5-6,9-10H,2-4H2,1H3,(H2,11,12,13,14). The van der Waals surface area contributed by atoms with Crippen molar-refractivity contribution in [1.29, 1.82) is 0 Å². The van der Waals surface area contributed by atoms with Crippen molar-refractivity contribution in [2.45, 2.75) is 25.4 Å². The summed E-state index contributed by atoms with van der Waals surface area (Å²) in [6.45, 7) is 4.03. The van der Waals surface area contributed by atoms with E-state index in [2.05, 4.69) is 25.8 Å². The molecule has 2 rings (SSSR count). The molecule has 4 N–H and O–H groups in total. The first-order chi connectivity index (χ1) is 6.75. The van der Waals surface area contributed by atoms with Crippen molar-refractivity contribution < 1.29 is 0 Å². The van der Waals surface area contributed by atoms with Crippen LogP contribution in [0, 0.1) is 0 Å². The molecule has 1 aliphatic rings. The first-order valence-corrected chi connectivity index (χ1v) is 4.87. The molecular weight excluding hydrogens is 182 g/mol. The lowest BCUT2D eigenvalue weighted by Gasteiger charge is -2.15. The van der Waals surface area contributed by atoms with Crippen LogP contribution in [0.5, 0.6) is 0 Å². The average molecular weight is 197 g/mol. The number of nitrogens with zero attached hydrogens (tertiary/aromatic N) is 1. The smallest absolute Gasteiger partial charge is 0.315 e. The molecule has 0 spiro atoms. The lowest BCUT2D eigenvalue weighted by molar-refractivity contribution is 0.463. The van der Waals surface area contributed by atoms with Crippen LogP contribution in [0.25, 0.3) is 0 Å². The van der Waals surface area contributed by atoms with E-state index in [1.54, 1.807) is 0 Å². The number of rotatable bonds is 3. The van der Waals surface area contributed by atoms with E-state index in [1.165, 1.54) is 0 Å². The lowest BCUT2D eigenvalue weighted by atomic mass is 10.2. The topological polar surface area (TPSA) is 85.6 Å². The van der Waals surface area contributed by atoms with Crippen LogP contribution in [0.4, 0.5) is 0 Å². The molecule has 0 aromatic carbocycles. The Morgan fingerprint density at radius 2 is 2.50 bits per heavy atom. The minimum atomic E-state index is -0.252. The highest BCUT2D eigenvalue weighted by atomic mass is 16.1. The number of H-pyrrole nitrogens is 2. The number of aromatic nitrogens is 3. The van der Waals surface area contributed by atoms with Gasteiger partial charge in [0.15, 0.2) is 0 Å². The van der Waals surface area contributed by atoms with Gasteiger partial charge in [-0.05, 0) is 19.9 Å². The Labute approximate surface area is 81.5 Å². The van der Waals surface area contributed by atoms with Gasteiger partial charge in [-0.1, -0.05) is 0 Å². The van der Waals surface area contributed by atoms with E-state index in [-0.39, 0.29) is 11.7 Å². The largest absolute Gasteiger partial charge is 0.340 e. The fourth-order valence-corrected chi connectivity index (χ4v) is 1.72. The fraction of sp³-hybridized carbons (Fsp3) is 0.750. The van der Waals surface area contributed by atoms with Crippen LogP contribution in [0.1, 0.15) is 25.2 Å². The summed E-state index contributed by atoms with van der Waals surface area (Å²) in [4.78, 5) is 13.5. The minimum absolute atomic E-state index is 0.0823. The van der Waals surface area contributed by atoms with E-state index in [0.29, 0.717) is 11.9 Å². The molecule has 6 heteroatoms. The molecule has 2 unspecified atom stereocenters. The van der Waals surface area contributed by atoms with Crippen LogP contribution >= 0.6 is 0 Å². The molecule has 0 saturated carbocycles. The van der Waals surface area contributed by atoms with Crippen LogP contribution in [0.3, 0.4) is 0 Å². The maximum atomic E-state index is 10.8. The van der Waals surface area contributed by atoms with Crippen molar-refractivity contribution >= 4 is 0 Å². The van der Waals surface area contributed by atoms with Crippen LogP contribution in [0.15, 0.2) is 4.79 Å². The number of aromatic amines is 2. The second-order valence-corrected chi connectivity index (χ2v) is 3.64. The quantitative estimate of drug-likeness (QED) is 0.506. The number of hydrogen-bond donors (Lipinski definition) is 4. The van der Waals surface area contributed by atoms with Crippen LogP contribution < -0.4 is 16.3 Å². The average Bonchev–Trinajstić information content (AvgIpc) is 2.75. The monoisotopic (exact) mass is 197 g/mol. The Kier molecular flexibility index (Phi) is 2.64. The van der Waals surface area contributed by atoms with Crippen LogP contribution in [-0.2, 0) is 0 Å². The second kappa shape index (κ2) is 3.93. The van der Waals surface area contributed by atoms with Gasteiger partial charge in [0.2, 0.25) is 0 Å². The predicted molar refractivity (Wildman–Crippen MR) is 52.0 cm³/mol. The highest BCUT2D eigenvalue weighted by Gasteiger charge is 2.18. The highest BCUT2D eigenvalue weighted by Crippen LogP contribution is 2.07. The summed E-state index contributed by atoms with van der Waals surface area (Å²) in [5.41, 5.74) is -0.252. The Hall–Kier alpha value is -1.14. The van der Waals surface area contributed by atoms with Crippen molar-refractivity contribution in [3.05, 3.63) is 16.3 Å². The molecule has 1 aromatic rings. The van der Waals surface area contributed by atoms with Gasteiger partial charge >= 0.3 is 5.69 Å².